The number of alkyl halides is 2. The summed E-state index contributed by atoms with van der Waals surface area (Å²) in [4.78, 5) is 4.37. The number of rotatable bonds is 4. The van der Waals surface area contributed by atoms with Gasteiger partial charge in [-0.25, -0.2) is 8.78 Å². The molecule has 144 valence electrons. The van der Waals surface area contributed by atoms with Gasteiger partial charge in [0.25, 0.3) is 5.92 Å². The zero-order valence-electron chi connectivity index (χ0n) is 15.3. The van der Waals surface area contributed by atoms with Crippen molar-refractivity contribution in [3.05, 3.63) is 42.0 Å². The lowest BCUT2D eigenvalue weighted by atomic mass is 10.0. The highest BCUT2D eigenvalue weighted by atomic mass is 32.2. The summed E-state index contributed by atoms with van der Waals surface area (Å²) in [7, 11) is 0. The molecule has 4 nitrogen and oxygen atoms in total. The largest absolute Gasteiger partial charge is 0.353 e. The Labute approximate surface area is 163 Å². The second-order valence-electron chi connectivity index (χ2n) is 7.21. The molecule has 0 aliphatic carbocycles. The molecular weight excluding hydrogens is 366 g/mol. The van der Waals surface area contributed by atoms with Crippen LogP contribution in [0.25, 0.3) is 11.3 Å². The molecular formula is C20H24F2N4S. The van der Waals surface area contributed by atoms with Crippen molar-refractivity contribution >= 4 is 17.6 Å². The zero-order valence-corrected chi connectivity index (χ0v) is 16.1. The van der Waals surface area contributed by atoms with Crippen molar-refractivity contribution in [1.29, 1.82) is 0 Å². The van der Waals surface area contributed by atoms with E-state index in [9.17, 15) is 8.78 Å². The third-order valence-corrected chi connectivity index (χ3v) is 6.17. The molecule has 2 fully saturated rings. The van der Waals surface area contributed by atoms with Crippen LogP contribution < -0.4 is 4.90 Å². The van der Waals surface area contributed by atoms with Gasteiger partial charge in [-0.1, -0.05) is 24.3 Å². The summed E-state index contributed by atoms with van der Waals surface area (Å²) in [6.45, 7) is 3.67. The van der Waals surface area contributed by atoms with E-state index in [1.807, 2.05) is 36.0 Å². The summed E-state index contributed by atoms with van der Waals surface area (Å²) in [6.07, 6.45) is -0.0779. The van der Waals surface area contributed by atoms with Crippen LogP contribution in [-0.2, 0) is 6.54 Å². The number of piperidine rings is 1. The third-order valence-electron chi connectivity index (χ3n) is 5.23. The first-order chi connectivity index (χ1) is 13.1. The standard InChI is InChI=1S/C20H24F2N4S/c21-20(22)7-9-25(10-8-20)15-16-1-3-17(4-2-16)18-5-6-19(24-23-18)26-11-13-27-14-12-26/h1-6H,7-15H2. The maximum atomic E-state index is 13.3. The SMILES string of the molecule is FC1(F)CCN(Cc2ccc(-c3ccc(N4CCSCC4)nn3)cc2)CC1. The van der Waals surface area contributed by atoms with E-state index in [1.54, 1.807) is 0 Å². The van der Waals surface area contributed by atoms with Crippen LogP contribution in [0.15, 0.2) is 36.4 Å². The zero-order chi connectivity index (χ0) is 18.7. The van der Waals surface area contributed by atoms with Gasteiger partial charge in [0.15, 0.2) is 5.82 Å². The van der Waals surface area contributed by atoms with Crippen molar-refractivity contribution < 1.29 is 8.78 Å². The lowest BCUT2D eigenvalue weighted by Crippen LogP contribution is -2.38. The van der Waals surface area contributed by atoms with Gasteiger partial charge in [-0.2, -0.15) is 11.8 Å². The second kappa shape index (κ2) is 8.10. The fraction of sp³-hybridized carbons (Fsp3) is 0.500. The van der Waals surface area contributed by atoms with E-state index in [0.29, 0.717) is 19.6 Å². The van der Waals surface area contributed by atoms with Crippen LogP contribution in [0.2, 0.25) is 0 Å². The summed E-state index contributed by atoms with van der Waals surface area (Å²) in [6, 6.07) is 12.2. The van der Waals surface area contributed by atoms with Gasteiger partial charge in [-0.05, 0) is 17.7 Å². The maximum absolute atomic E-state index is 13.3. The summed E-state index contributed by atoms with van der Waals surface area (Å²) < 4.78 is 26.5. The molecule has 4 rings (SSSR count). The molecule has 2 aliphatic rings. The minimum Gasteiger partial charge on any atom is -0.353 e. The number of thioether (sulfide) groups is 1. The van der Waals surface area contributed by atoms with Gasteiger partial charge in [-0.15, -0.1) is 10.2 Å². The summed E-state index contributed by atoms with van der Waals surface area (Å²) >= 11 is 1.98. The molecule has 0 saturated carbocycles. The van der Waals surface area contributed by atoms with Crippen molar-refractivity contribution in [3.8, 4) is 11.3 Å². The van der Waals surface area contributed by atoms with Gasteiger partial charge in [0, 0.05) is 62.6 Å². The molecule has 7 heteroatoms. The number of hydrogen-bond acceptors (Lipinski definition) is 5. The van der Waals surface area contributed by atoms with Crippen LogP contribution in [0.5, 0.6) is 0 Å². The lowest BCUT2D eigenvalue weighted by molar-refractivity contribution is -0.0566. The van der Waals surface area contributed by atoms with Crippen molar-refractivity contribution in [2.75, 3.05) is 42.6 Å². The van der Waals surface area contributed by atoms with E-state index >= 15 is 0 Å². The minimum absolute atomic E-state index is 0.0390. The molecule has 1 aromatic carbocycles. The summed E-state index contributed by atoms with van der Waals surface area (Å²) in [5.41, 5.74) is 3.02. The molecule has 0 bridgehead atoms. The molecule has 3 heterocycles. The Balaban J connectivity index is 1.37. The van der Waals surface area contributed by atoms with Crippen LogP contribution >= 0.6 is 11.8 Å². The minimum atomic E-state index is -2.49. The number of likely N-dealkylation sites (tertiary alicyclic amines) is 1. The first-order valence-corrected chi connectivity index (χ1v) is 10.6. The molecule has 0 radical (unpaired) electrons. The van der Waals surface area contributed by atoms with Gasteiger partial charge in [0.2, 0.25) is 0 Å². The molecule has 1 aromatic heterocycles. The van der Waals surface area contributed by atoms with Gasteiger partial charge in [-0.3, -0.25) is 4.90 Å². The highest BCUT2D eigenvalue weighted by Crippen LogP contribution is 2.28. The third kappa shape index (κ3) is 4.76. The van der Waals surface area contributed by atoms with Crippen molar-refractivity contribution in [1.82, 2.24) is 15.1 Å². The topological polar surface area (TPSA) is 32.3 Å². The molecule has 2 saturated heterocycles. The quantitative estimate of drug-likeness (QED) is 0.790. The van der Waals surface area contributed by atoms with Gasteiger partial charge < -0.3 is 4.90 Å². The Morgan fingerprint density at radius 1 is 0.889 bits per heavy atom. The molecule has 0 spiro atoms. The van der Waals surface area contributed by atoms with Crippen LogP contribution in [-0.4, -0.2) is 58.7 Å². The number of hydrogen-bond donors (Lipinski definition) is 0. The van der Waals surface area contributed by atoms with E-state index in [1.165, 1.54) is 0 Å². The van der Waals surface area contributed by atoms with E-state index < -0.39 is 5.92 Å². The average molecular weight is 391 g/mol. The molecule has 0 atom stereocenters. The molecule has 0 N–H and O–H groups in total. The highest BCUT2D eigenvalue weighted by Gasteiger charge is 2.33. The number of benzene rings is 1. The van der Waals surface area contributed by atoms with Crippen molar-refractivity contribution in [2.24, 2.45) is 0 Å². The molecule has 2 aliphatic heterocycles. The Morgan fingerprint density at radius 3 is 2.22 bits per heavy atom. The molecule has 2 aromatic rings. The molecule has 0 unspecified atom stereocenters. The first kappa shape index (κ1) is 18.6. The average Bonchev–Trinajstić information content (AvgIpc) is 2.71. The predicted octanol–water partition coefficient (Wildman–Crippen LogP) is 3.93. The van der Waals surface area contributed by atoms with E-state index in [2.05, 4.69) is 32.1 Å². The normalized spacial score (nSPS) is 20.6. The van der Waals surface area contributed by atoms with Crippen LogP contribution in [0.1, 0.15) is 18.4 Å². The lowest BCUT2D eigenvalue weighted by Gasteiger charge is -2.31. The fourth-order valence-corrected chi connectivity index (χ4v) is 4.42. The molecule has 0 amide bonds. The summed E-state index contributed by atoms with van der Waals surface area (Å²) in [5, 5.41) is 8.79. The van der Waals surface area contributed by atoms with E-state index in [-0.39, 0.29) is 12.8 Å². The van der Waals surface area contributed by atoms with Crippen LogP contribution in [0.4, 0.5) is 14.6 Å². The maximum Gasteiger partial charge on any atom is 0.250 e. The Hall–Kier alpha value is -1.73. The number of aromatic nitrogens is 2. The number of halogens is 2. The monoisotopic (exact) mass is 390 g/mol. The van der Waals surface area contributed by atoms with E-state index in [0.717, 1.165) is 47.2 Å². The van der Waals surface area contributed by atoms with Crippen molar-refractivity contribution in [2.45, 2.75) is 25.3 Å². The van der Waals surface area contributed by atoms with E-state index in [4.69, 9.17) is 0 Å². The van der Waals surface area contributed by atoms with Crippen LogP contribution in [0.3, 0.4) is 0 Å². The predicted molar refractivity (Wildman–Crippen MR) is 106 cm³/mol. The highest BCUT2D eigenvalue weighted by molar-refractivity contribution is 7.99. The van der Waals surface area contributed by atoms with Gasteiger partial charge >= 0.3 is 0 Å². The Morgan fingerprint density at radius 2 is 1.59 bits per heavy atom. The fourth-order valence-electron chi connectivity index (χ4n) is 3.52. The number of anilines is 1. The smallest absolute Gasteiger partial charge is 0.250 e. The number of nitrogens with zero attached hydrogens (tertiary/aromatic N) is 4. The van der Waals surface area contributed by atoms with Gasteiger partial charge in [0.1, 0.15) is 0 Å². The summed E-state index contributed by atoms with van der Waals surface area (Å²) in [5.74, 6) is 0.731. The Kier molecular flexibility index (Phi) is 5.59. The van der Waals surface area contributed by atoms with Crippen molar-refractivity contribution in [3.63, 3.8) is 0 Å². The molecule has 27 heavy (non-hydrogen) atoms. The first-order valence-electron chi connectivity index (χ1n) is 9.45. The second-order valence-corrected chi connectivity index (χ2v) is 8.43. The Bertz CT molecular complexity index is 736. The van der Waals surface area contributed by atoms with Gasteiger partial charge in [0.05, 0.1) is 5.69 Å². The van der Waals surface area contributed by atoms with Crippen LogP contribution in [0, 0.1) is 0 Å².